The third-order valence-corrected chi connectivity index (χ3v) is 5.76. The van der Waals surface area contributed by atoms with E-state index >= 15 is 0 Å². The van der Waals surface area contributed by atoms with Crippen molar-refractivity contribution in [3.8, 4) is 6.07 Å². The smallest absolute Gasteiger partial charge is 0.329 e. The van der Waals surface area contributed by atoms with Gasteiger partial charge in [0.15, 0.2) is 11.2 Å². The summed E-state index contributed by atoms with van der Waals surface area (Å²) in [4.78, 5) is 38.8. The zero-order chi connectivity index (χ0) is 19.8. The van der Waals surface area contributed by atoms with Crippen LogP contribution in [0.2, 0.25) is 0 Å². The third-order valence-electron chi connectivity index (χ3n) is 5.06. The SMILES string of the molecule is CCOC(=O)[C@]1(C#N)[C@H](c2ccsc2)[C@@H](C(N)=O)N2C=C(C(C)=O)C=C[C@@H]21. The fourth-order valence-electron chi connectivity index (χ4n) is 3.92. The lowest BCUT2D eigenvalue weighted by molar-refractivity contribution is -0.153. The zero-order valence-corrected chi connectivity index (χ0v) is 15.7. The Hall–Kier alpha value is -2.92. The Balaban J connectivity index is 2.26. The first kappa shape index (κ1) is 18.9. The maximum absolute atomic E-state index is 13.0. The largest absolute Gasteiger partial charge is 0.465 e. The van der Waals surface area contributed by atoms with Gasteiger partial charge in [0.05, 0.1) is 18.7 Å². The molecule has 3 heterocycles. The summed E-state index contributed by atoms with van der Waals surface area (Å²) in [5.74, 6) is -2.38. The molecule has 0 aromatic carbocycles. The molecular weight excluding hydrogens is 366 g/mol. The van der Waals surface area contributed by atoms with Gasteiger partial charge in [-0.15, -0.1) is 0 Å². The maximum Gasteiger partial charge on any atom is 0.329 e. The van der Waals surface area contributed by atoms with Gasteiger partial charge in [0.25, 0.3) is 0 Å². The van der Waals surface area contributed by atoms with Gasteiger partial charge in [-0.3, -0.25) is 14.4 Å². The molecule has 2 aliphatic heterocycles. The summed E-state index contributed by atoms with van der Waals surface area (Å²) in [5, 5.41) is 13.8. The highest BCUT2D eigenvalue weighted by Gasteiger charge is 2.66. The standard InChI is InChI=1S/C19H19N3O4S/c1-3-26-18(25)19(10-20)14-5-4-12(11(2)23)8-22(14)16(17(21)24)15(19)13-6-7-27-9-13/h4-9,14-16H,3H2,1-2H3,(H2,21,24)/t14-,15-,16+,19+/m1/s1. The molecule has 8 heteroatoms. The van der Waals surface area contributed by atoms with Crippen LogP contribution in [0.25, 0.3) is 0 Å². The number of Topliss-reactive ketones (excluding diaryl/α,β-unsaturated/α-hetero) is 1. The molecule has 27 heavy (non-hydrogen) atoms. The molecule has 1 aromatic heterocycles. The molecule has 1 fully saturated rings. The molecule has 0 aliphatic carbocycles. The Kier molecular flexibility index (Phi) is 4.89. The summed E-state index contributed by atoms with van der Waals surface area (Å²) in [6.45, 7) is 3.17. The van der Waals surface area contributed by atoms with Crippen molar-refractivity contribution in [3.63, 3.8) is 0 Å². The van der Waals surface area contributed by atoms with Crippen molar-refractivity contribution < 1.29 is 19.1 Å². The van der Waals surface area contributed by atoms with Gasteiger partial charge in [-0.1, -0.05) is 12.2 Å². The Morgan fingerprint density at radius 3 is 2.70 bits per heavy atom. The molecule has 0 unspecified atom stereocenters. The summed E-state index contributed by atoms with van der Waals surface area (Å²) in [5.41, 5.74) is 5.08. The molecule has 1 aromatic rings. The number of hydrogen-bond acceptors (Lipinski definition) is 7. The molecule has 140 valence electrons. The fourth-order valence-corrected chi connectivity index (χ4v) is 4.62. The number of carbonyl (C=O) groups is 3. The van der Waals surface area contributed by atoms with Crippen LogP contribution in [-0.2, 0) is 19.1 Å². The molecule has 2 aliphatic rings. The van der Waals surface area contributed by atoms with Crippen LogP contribution in [0.1, 0.15) is 25.3 Å². The van der Waals surface area contributed by atoms with E-state index in [2.05, 4.69) is 6.07 Å². The first-order valence-electron chi connectivity index (χ1n) is 8.46. The average Bonchev–Trinajstić information content (AvgIpc) is 3.25. The summed E-state index contributed by atoms with van der Waals surface area (Å²) < 4.78 is 5.24. The molecular formula is C19H19N3O4S. The number of nitriles is 1. The van der Waals surface area contributed by atoms with Crippen molar-refractivity contribution in [1.82, 2.24) is 4.90 Å². The second kappa shape index (κ2) is 7.00. The maximum atomic E-state index is 13.0. The number of hydrogen-bond donors (Lipinski definition) is 1. The number of nitrogens with two attached hydrogens (primary N) is 1. The van der Waals surface area contributed by atoms with E-state index in [-0.39, 0.29) is 12.4 Å². The summed E-state index contributed by atoms with van der Waals surface area (Å²) >= 11 is 1.40. The van der Waals surface area contributed by atoms with Crippen LogP contribution in [0.5, 0.6) is 0 Å². The van der Waals surface area contributed by atoms with Gasteiger partial charge in [-0.2, -0.15) is 16.6 Å². The minimum absolute atomic E-state index is 0.102. The highest BCUT2D eigenvalue weighted by molar-refractivity contribution is 7.08. The Labute approximate surface area is 160 Å². The molecule has 0 spiro atoms. The number of ether oxygens (including phenoxy) is 1. The van der Waals surface area contributed by atoms with Gasteiger partial charge in [0.2, 0.25) is 5.91 Å². The van der Waals surface area contributed by atoms with Crippen molar-refractivity contribution in [2.24, 2.45) is 11.1 Å². The monoisotopic (exact) mass is 385 g/mol. The van der Waals surface area contributed by atoms with Gasteiger partial charge >= 0.3 is 5.97 Å². The van der Waals surface area contributed by atoms with E-state index in [4.69, 9.17) is 10.5 Å². The lowest BCUT2D eigenvalue weighted by Gasteiger charge is -2.32. The van der Waals surface area contributed by atoms with Crippen LogP contribution in [0.3, 0.4) is 0 Å². The minimum Gasteiger partial charge on any atom is -0.465 e. The van der Waals surface area contributed by atoms with Crippen molar-refractivity contribution >= 4 is 29.0 Å². The predicted molar refractivity (Wildman–Crippen MR) is 98.3 cm³/mol. The Bertz CT molecular complexity index is 883. The molecule has 7 nitrogen and oxygen atoms in total. The van der Waals surface area contributed by atoms with E-state index in [0.29, 0.717) is 11.1 Å². The summed E-state index contributed by atoms with van der Waals surface area (Å²) in [7, 11) is 0. The molecule has 3 rings (SSSR count). The summed E-state index contributed by atoms with van der Waals surface area (Å²) in [6.07, 6.45) is 4.70. The highest BCUT2D eigenvalue weighted by Crippen LogP contribution is 2.54. The van der Waals surface area contributed by atoms with Gasteiger partial charge in [-0.05, 0) is 36.2 Å². The number of primary amides is 1. The normalized spacial score (nSPS) is 28.9. The molecule has 0 radical (unpaired) electrons. The van der Waals surface area contributed by atoms with Gasteiger partial charge < -0.3 is 15.4 Å². The van der Waals surface area contributed by atoms with Crippen molar-refractivity contribution in [2.45, 2.75) is 31.8 Å². The van der Waals surface area contributed by atoms with Gasteiger partial charge in [0, 0.05) is 17.7 Å². The van der Waals surface area contributed by atoms with Crippen LogP contribution >= 0.6 is 11.3 Å². The van der Waals surface area contributed by atoms with Crippen molar-refractivity contribution in [3.05, 3.63) is 46.3 Å². The number of rotatable bonds is 5. The van der Waals surface area contributed by atoms with E-state index in [1.165, 1.54) is 24.5 Å². The number of thiophene rings is 1. The number of amides is 1. The van der Waals surface area contributed by atoms with Crippen molar-refractivity contribution in [2.75, 3.05) is 6.61 Å². The third kappa shape index (κ3) is 2.75. The molecule has 2 N–H and O–H groups in total. The second-order valence-electron chi connectivity index (χ2n) is 6.47. The van der Waals surface area contributed by atoms with Gasteiger partial charge in [0.1, 0.15) is 6.04 Å². The quantitative estimate of drug-likeness (QED) is 0.768. The molecule has 1 amide bonds. The first-order chi connectivity index (χ1) is 12.9. The average molecular weight is 385 g/mol. The van der Waals surface area contributed by atoms with E-state index < -0.39 is 35.3 Å². The number of fused-ring (bicyclic) bond motifs is 1. The van der Waals surface area contributed by atoms with Crippen LogP contribution in [0.4, 0.5) is 0 Å². The van der Waals surface area contributed by atoms with E-state index in [9.17, 15) is 19.6 Å². The molecule has 0 saturated carbocycles. The molecule has 4 atom stereocenters. The van der Waals surface area contributed by atoms with Crippen molar-refractivity contribution in [1.29, 1.82) is 5.26 Å². The van der Waals surface area contributed by atoms with Crippen LogP contribution in [-0.4, -0.2) is 41.3 Å². The lowest BCUT2D eigenvalue weighted by atomic mass is 9.69. The number of esters is 1. The zero-order valence-electron chi connectivity index (χ0n) is 14.9. The lowest BCUT2D eigenvalue weighted by Crippen LogP contribution is -2.45. The number of ketones is 1. The fraction of sp³-hybridized carbons (Fsp3) is 0.368. The number of nitrogens with zero attached hydrogens (tertiary/aromatic N) is 2. The second-order valence-corrected chi connectivity index (χ2v) is 7.25. The Morgan fingerprint density at radius 1 is 1.44 bits per heavy atom. The summed E-state index contributed by atoms with van der Waals surface area (Å²) in [6, 6.07) is 2.18. The highest BCUT2D eigenvalue weighted by atomic mass is 32.1. The Morgan fingerprint density at radius 2 is 2.19 bits per heavy atom. The van der Waals surface area contributed by atoms with Crippen LogP contribution in [0, 0.1) is 16.7 Å². The van der Waals surface area contributed by atoms with Crippen LogP contribution < -0.4 is 5.73 Å². The molecule has 0 bridgehead atoms. The van der Waals surface area contributed by atoms with Crippen LogP contribution in [0.15, 0.2) is 40.8 Å². The minimum atomic E-state index is -1.66. The molecule has 1 saturated heterocycles. The predicted octanol–water partition coefficient (Wildman–Crippen LogP) is 1.49. The van der Waals surface area contributed by atoms with E-state index in [1.54, 1.807) is 35.4 Å². The van der Waals surface area contributed by atoms with E-state index in [0.717, 1.165) is 0 Å². The van der Waals surface area contributed by atoms with E-state index in [1.807, 2.05) is 5.38 Å². The van der Waals surface area contributed by atoms with Gasteiger partial charge in [-0.25, -0.2) is 0 Å². The first-order valence-corrected chi connectivity index (χ1v) is 9.41. The topological polar surface area (TPSA) is 113 Å². The number of allylic oxidation sites excluding steroid dienone is 2. The number of carbonyl (C=O) groups excluding carboxylic acids is 3.